The van der Waals surface area contributed by atoms with Crippen molar-refractivity contribution in [1.82, 2.24) is 0 Å². The quantitative estimate of drug-likeness (QED) is 0.732. The van der Waals surface area contributed by atoms with Gasteiger partial charge in [0.15, 0.2) is 0 Å². The molecule has 0 heterocycles. The third-order valence-electron chi connectivity index (χ3n) is 3.99. The largest absolute Gasteiger partial charge is 0.489 e. The Labute approximate surface area is 152 Å². The number of hydrogen-bond donors (Lipinski definition) is 2. The Bertz CT molecular complexity index is 736. The monoisotopic (exact) mass is 358 g/mol. The van der Waals surface area contributed by atoms with Crippen LogP contribution in [0, 0.1) is 27.7 Å². The number of aryl methyl sites for hydroxylation is 4. The molecule has 2 aromatic carbocycles. The molecule has 0 aliphatic carbocycles. The fourth-order valence-electron chi connectivity index (χ4n) is 2.89. The Balaban J connectivity index is 2.02. The second-order valence-electron chi connectivity index (χ2n) is 6.19. The van der Waals surface area contributed by atoms with E-state index in [4.69, 9.17) is 19.7 Å². The minimum atomic E-state index is -0.971. The number of ether oxygens (including phenoxy) is 2. The molecule has 0 radical (unpaired) electrons. The van der Waals surface area contributed by atoms with Gasteiger partial charge >= 0.3 is 11.9 Å². The summed E-state index contributed by atoms with van der Waals surface area (Å²) in [5.74, 6) is -0.648. The number of carbonyl (C=O) groups is 2. The molecule has 6 heteroatoms. The highest BCUT2D eigenvalue weighted by atomic mass is 16.5. The Morgan fingerprint density at radius 1 is 0.692 bits per heavy atom. The van der Waals surface area contributed by atoms with Crippen LogP contribution in [-0.4, -0.2) is 35.4 Å². The normalized spacial score (nSPS) is 10.5. The van der Waals surface area contributed by atoms with Crippen molar-refractivity contribution in [2.75, 3.05) is 13.2 Å². The van der Waals surface area contributed by atoms with Gasteiger partial charge in [-0.15, -0.1) is 0 Å². The van der Waals surface area contributed by atoms with E-state index in [1.165, 1.54) is 0 Å². The molecular formula is C20H22O6. The number of carboxylic acids is 2. The van der Waals surface area contributed by atoms with Gasteiger partial charge in [0, 0.05) is 0 Å². The average Bonchev–Trinajstić information content (AvgIpc) is 2.54. The Hall–Kier alpha value is -3.02. The topological polar surface area (TPSA) is 93.1 Å². The predicted octanol–water partition coefficient (Wildman–Crippen LogP) is 3.77. The SMILES string of the molecule is Cc1cc(C(=O)O)cc(C)c1OCCOc1c(C)cc(C(=O)O)cc1C. The van der Waals surface area contributed by atoms with Crippen molar-refractivity contribution in [3.05, 3.63) is 57.6 Å². The van der Waals surface area contributed by atoms with Crippen LogP contribution in [0.5, 0.6) is 11.5 Å². The standard InChI is InChI=1S/C20H22O6/c1-11-7-15(19(21)22)8-12(2)17(11)25-5-6-26-18-13(3)9-16(20(23)24)10-14(18)4/h7-10H,5-6H2,1-4H3,(H,21,22)(H,23,24). The van der Waals surface area contributed by atoms with Crippen molar-refractivity contribution in [3.63, 3.8) is 0 Å². The Morgan fingerprint density at radius 3 is 1.19 bits per heavy atom. The molecule has 0 aromatic heterocycles. The fourth-order valence-corrected chi connectivity index (χ4v) is 2.89. The molecule has 0 bridgehead atoms. The van der Waals surface area contributed by atoms with Crippen molar-refractivity contribution in [3.8, 4) is 11.5 Å². The van der Waals surface area contributed by atoms with Crippen LogP contribution in [-0.2, 0) is 0 Å². The number of benzene rings is 2. The van der Waals surface area contributed by atoms with Crippen molar-refractivity contribution in [2.24, 2.45) is 0 Å². The van der Waals surface area contributed by atoms with E-state index in [2.05, 4.69) is 0 Å². The van der Waals surface area contributed by atoms with Crippen molar-refractivity contribution in [2.45, 2.75) is 27.7 Å². The molecule has 0 fully saturated rings. The summed E-state index contributed by atoms with van der Waals surface area (Å²) in [5.41, 5.74) is 3.46. The van der Waals surface area contributed by atoms with Crippen LogP contribution in [0.3, 0.4) is 0 Å². The molecule has 6 nitrogen and oxygen atoms in total. The Kier molecular flexibility index (Phi) is 5.87. The summed E-state index contributed by atoms with van der Waals surface area (Å²) in [6, 6.07) is 6.30. The van der Waals surface area contributed by atoms with Gasteiger partial charge in [-0.25, -0.2) is 9.59 Å². The van der Waals surface area contributed by atoms with Gasteiger partial charge in [0.2, 0.25) is 0 Å². The van der Waals surface area contributed by atoms with Crippen LogP contribution >= 0.6 is 0 Å². The van der Waals surface area contributed by atoms with Gasteiger partial charge in [-0.2, -0.15) is 0 Å². The number of rotatable bonds is 7. The fraction of sp³-hybridized carbons (Fsp3) is 0.300. The predicted molar refractivity (Wildman–Crippen MR) is 96.7 cm³/mol. The van der Waals surface area contributed by atoms with E-state index in [1.807, 2.05) is 0 Å². The van der Waals surface area contributed by atoms with Crippen molar-refractivity contribution in [1.29, 1.82) is 0 Å². The van der Waals surface area contributed by atoms with Crippen LogP contribution in [0.2, 0.25) is 0 Å². The van der Waals surface area contributed by atoms with E-state index in [1.54, 1.807) is 52.0 Å². The lowest BCUT2D eigenvalue weighted by molar-refractivity contribution is 0.0685. The van der Waals surface area contributed by atoms with E-state index in [0.29, 0.717) is 11.5 Å². The lowest BCUT2D eigenvalue weighted by atomic mass is 10.1. The molecule has 0 saturated heterocycles. The summed E-state index contributed by atoms with van der Waals surface area (Å²) >= 11 is 0. The minimum Gasteiger partial charge on any atom is -0.489 e. The molecule has 2 rings (SSSR count). The first-order valence-electron chi connectivity index (χ1n) is 8.15. The summed E-state index contributed by atoms with van der Waals surface area (Å²) < 4.78 is 11.5. The second kappa shape index (κ2) is 7.91. The van der Waals surface area contributed by atoms with E-state index in [-0.39, 0.29) is 24.3 Å². The van der Waals surface area contributed by atoms with Crippen molar-refractivity contribution >= 4 is 11.9 Å². The van der Waals surface area contributed by atoms with Gasteiger partial charge in [0.1, 0.15) is 24.7 Å². The number of hydrogen-bond acceptors (Lipinski definition) is 4. The lowest BCUT2D eigenvalue weighted by Gasteiger charge is -2.16. The molecule has 2 N–H and O–H groups in total. The maximum atomic E-state index is 11.1. The molecule has 0 unspecified atom stereocenters. The van der Waals surface area contributed by atoms with Crippen molar-refractivity contribution < 1.29 is 29.3 Å². The smallest absolute Gasteiger partial charge is 0.335 e. The van der Waals surface area contributed by atoms with Crippen LogP contribution in [0.4, 0.5) is 0 Å². The average molecular weight is 358 g/mol. The molecule has 0 amide bonds. The lowest BCUT2D eigenvalue weighted by Crippen LogP contribution is -2.12. The van der Waals surface area contributed by atoms with E-state index >= 15 is 0 Å². The van der Waals surface area contributed by atoms with Gasteiger partial charge in [0.05, 0.1) is 11.1 Å². The summed E-state index contributed by atoms with van der Waals surface area (Å²) in [7, 11) is 0. The maximum Gasteiger partial charge on any atom is 0.335 e. The zero-order valence-corrected chi connectivity index (χ0v) is 15.3. The van der Waals surface area contributed by atoms with Crippen LogP contribution < -0.4 is 9.47 Å². The molecule has 0 saturated carbocycles. The summed E-state index contributed by atoms with van der Waals surface area (Å²) in [4.78, 5) is 22.1. The van der Waals surface area contributed by atoms with Gasteiger partial charge in [-0.3, -0.25) is 0 Å². The third kappa shape index (κ3) is 4.33. The molecular weight excluding hydrogens is 336 g/mol. The molecule has 2 aromatic rings. The highest BCUT2D eigenvalue weighted by Gasteiger charge is 2.12. The first-order chi connectivity index (χ1) is 12.2. The van der Waals surface area contributed by atoms with Gasteiger partial charge in [0.25, 0.3) is 0 Å². The summed E-state index contributed by atoms with van der Waals surface area (Å²) in [6.45, 7) is 7.77. The van der Waals surface area contributed by atoms with E-state index in [0.717, 1.165) is 22.3 Å². The first-order valence-corrected chi connectivity index (χ1v) is 8.15. The van der Waals surface area contributed by atoms with Crippen LogP contribution in [0.25, 0.3) is 0 Å². The second-order valence-corrected chi connectivity index (χ2v) is 6.19. The molecule has 0 aliphatic rings. The zero-order chi connectivity index (χ0) is 19.4. The Morgan fingerprint density at radius 2 is 0.962 bits per heavy atom. The number of carboxylic acid groups (broad SMARTS) is 2. The summed E-state index contributed by atoms with van der Waals surface area (Å²) in [5, 5.41) is 18.1. The van der Waals surface area contributed by atoms with Crippen LogP contribution in [0.1, 0.15) is 43.0 Å². The highest BCUT2D eigenvalue weighted by molar-refractivity contribution is 5.89. The molecule has 0 atom stereocenters. The highest BCUT2D eigenvalue weighted by Crippen LogP contribution is 2.26. The van der Waals surface area contributed by atoms with Gasteiger partial charge < -0.3 is 19.7 Å². The zero-order valence-electron chi connectivity index (χ0n) is 15.3. The first kappa shape index (κ1) is 19.3. The van der Waals surface area contributed by atoms with Crippen LogP contribution in [0.15, 0.2) is 24.3 Å². The molecule has 0 spiro atoms. The van der Waals surface area contributed by atoms with Gasteiger partial charge in [-0.1, -0.05) is 0 Å². The molecule has 138 valence electrons. The number of aromatic carboxylic acids is 2. The maximum absolute atomic E-state index is 11.1. The van der Waals surface area contributed by atoms with E-state index in [9.17, 15) is 9.59 Å². The van der Waals surface area contributed by atoms with Gasteiger partial charge in [-0.05, 0) is 74.2 Å². The molecule has 0 aliphatic heterocycles. The minimum absolute atomic E-state index is 0.230. The van der Waals surface area contributed by atoms with E-state index < -0.39 is 11.9 Å². The molecule has 26 heavy (non-hydrogen) atoms. The summed E-state index contributed by atoms with van der Waals surface area (Å²) in [6.07, 6.45) is 0. The third-order valence-corrected chi connectivity index (χ3v) is 3.99.